The summed E-state index contributed by atoms with van der Waals surface area (Å²) in [4.78, 5) is 1.30. The highest BCUT2D eigenvalue weighted by Gasteiger charge is 2.01. The Balaban J connectivity index is 2.45. The lowest BCUT2D eigenvalue weighted by Crippen LogP contribution is -1.98. The summed E-state index contributed by atoms with van der Waals surface area (Å²) in [6.45, 7) is 2.16. The molecule has 3 heteroatoms. The van der Waals surface area contributed by atoms with Crippen LogP contribution in [-0.4, -0.2) is 11.6 Å². The number of benzene rings is 1. The number of thioether (sulfide) groups is 1. The molecule has 1 rings (SSSR count). The van der Waals surface area contributed by atoms with Crippen LogP contribution in [0.15, 0.2) is 33.6 Å². The van der Waals surface area contributed by atoms with Crippen molar-refractivity contribution in [3.63, 3.8) is 0 Å². The summed E-state index contributed by atoms with van der Waals surface area (Å²) < 4.78 is 1.14. The Morgan fingerprint density at radius 2 is 2.31 bits per heavy atom. The van der Waals surface area contributed by atoms with E-state index < -0.39 is 0 Å². The first-order valence-electron chi connectivity index (χ1n) is 4.16. The molecule has 0 saturated carbocycles. The minimum Gasteiger partial charge on any atom is -0.126 e. The van der Waals surface area contributed by atoms with E-state index in [2.05, 4.69) is 41.1 Å². The lowest BCUT2D eigenvalue weighted by atomic mass is 10.3. The molecule has 0 nitrogen and oxygen atoms in total. The molecule has 0 aromatic heterocycles. The second kappa shape index (κ2) is 5.94. The molecule has 0 bridgehead atoms. The van der Waals surface area contributed by atoms with Gasteiger partial charge in [-0.05, 0) is 24.1 Å². The lowest BCUT2D eigenvalue weighted by Gasteiger charge is -2.06. The second-order valence-corrected chi connectivity index (χ2v) is 5.35. The molecule has 0 spiro atoms. The van der Waals surface area contributed by atoms with Crippen molar-refractivity contribution >= 4 is 39.3 Å². The molecule has 1 aromatic rings. The van der Waals surface area contributed by atoms with Crippen LogP contribution in [0.4, 0.5) is 0 Å². The molecule has 0 saturated heterocycles. The van der Waals surface area contributed by atoms with Crippen molar-refractivity contribution in [1.82, 2.24) is 0 Å². The van der Waals surface area contributed by atoms with Crippen molar-refractivity contribution in [1.29, 1.82) is 0 Å². The third-order valence-corrected chi connectivity index (χ3v) is 3.94. The van der Waals surface area contributed by atoms with Gasteiger partial charge in [-0.1, -0.05) is 28.9 Å². The molecule has 0 fully saturated rings. The van der Waals surface area contributed by atoms with Crippen LogP contribution in [0.1, 0.15) is 6.92 Å². The van der Waals surface area contributed by atoms with Gasteiger partial charge in [-0.2, -0.15) is 0 Å². The third kappa shape index (κ3) is 4.39. The Morgan fingerprint density at radius 3 is 2.92 bits per heavy atom. The summed E-state index contributed by atoms with van der Waals surface area (Å²) in [6, 6.07) is 8.34. The molecular weight excluding hydrogens is 268 g/mol. The fraction of sp³-hybridized carbons (Fsp3) is 0.400. The Hall–Kier alpha value is 0.340. The quantitative estimate of drug-likeness (QED) is 0.581. The Labute approximate surface area is 97.2 Å². The van der Waals surface area contributed by atoms with Crippen molar-refractivity contribution in [3.8, 4) is 0 Å². The Morgan fingerprint density at radius 1 is 1.54 bits per heavy atom. The minimum atomic E-state index is 0.575. The SMILES string of the molecule is CC(CCl)CSc1cccc(Br)c1. The molecule has 0 aliphatic carbocycles. The van der Waals surface area contributed by atoms with E-state index in [4.69, 9.17) is 11.6 Å². The molecule has 1 unspecified atom stereocenters. The fourth-order valence-corrected chi connectivity index (χ4v) is 2.61. The van der Waals surface area contributed by atoms with Gasteiger partial charge in [-0.3, -0.25) is 0 Å². The van der Waals surface area contributed by atoms with Gasteiger partial charge >= 0.3 is 0 Å². The summed E-state index contributed by atoms with van der Waals surface area (Å²) in [5.41, 5.74) is 0. The number of hydrogen-bond donors (Lipinski definition) is 0. The van der Waals surface area contributed by atoms with Crippen molar-refractivity contribution in [3.05, 3.63) is 28.7 Å². The van der Waals surface area contributed by atoms with E-state index in [0.717, 1.165) is 16.1 Å². The van der Waals surface area contributed by atoms with Gasteiger partial charge in [-0.25, -0.2) is 0 Å². The van der Waals surface area contributed by atoms with Crippen LogP contribution in [0.25, 0.3) is 0 Å². The summed E-state index contributed by atoms with van der Waals surface area (Å²) in [5, 5.41) is 0. The van der Waals surface area contributed by atoms with Crippen LogP contribution in [0, 0.1) is 5.92 Å². The van der Waals surface area contributed by atoms with Gasteiger partial charge in [0.25, 0.3) is 0 Å². The van der Waals surface area contributed by atoms with E-state index in [1.165, 1.54) is 4.90 Å². The third-order valence-electron chi connectivity index (χ3n) is 1.59. The first-order chi connectivity index (χ1) is 6.22. The van der Waals surface area contributed by atoms with Gasteiger partial charge in [-0.15, -0.1) is 23.4 Å². The molecule has 13 heavy (non-hydrogen) atoms. The molecule has 0 aliphatic heterocycles. The number of halogens is 2. The zero-order chi connectivity index (χ0) is 9.68. The Kier molecular flexibility index (Phi) is 5.22. The number of alkyl halides is 1. The van der Waals surface area contributed by atoms with Crippen molar-refractivity contribution < 1.29 is 0 Å². The van der Waals surface area contributed by atoms with E-state index in [1.54, 1.807) is 0 Å². The molecule has 1 aromatic carbocycles. The molecule has 0 amide bonds. The summed E-state index contributed by atoms with van der Waals surface area (Å²) >= 11 is 11.0. The maximum Gasteiger partial charge on any atom is 0.0257 e. The first kappa shape index (κ1) is 11.4. The van der Waals surface area contributed by atoms with Crippen LogP contribution in [-0.2, 0) is 0 Å². The highest BCUT2D eigenvalue weighted by Crippen LogP contribution is 2.23. The largest absolute Gasteiger partial charge is 0.126 e. The number of rotatable bonds is 4. The van der Waals surface area contributed by atoms with Crippen molar-refractivity contribution in [2.75, 3.05) is 11.6 Å². The van der Waals surface area contributed by atoms with E-state index >= 15 is 0 Å². The predicted molar refractivity (Wildman–Crippen MR) is 64.8 cm³/mol. The predicted octanol–water partition coefficient (Wildman–Crippen LogP) is 4.42. The molecule has 0 N–H and O–H groups in total. The van der Waals surface area contributed by atoms with Gasteiger partial charge in [0, 0.05) is 21.0 Å². The monoisotopic (exact) mass is 278 g/mol. The van der Waals surface area contributed by atoms with Crippen LogP contribution in [0.3, 0.4) is 0 Å². The van der Waals surface area contributed by atoms with Gasteiger partial charge in [0.1, 0.15) is 0 Å². The normalized spacial score (nSPS) is 12.8. The molecule has 72 valence electrons. The van der Waals surface area contributed by atoms with E-state index in [1.807, 2.05) is 17.8 Å². The van der Waals surface area contributed by atoms with Crippen LogP contribution >= 0.6 is 39.3 Å². The van der Waals surface area contributed by atoms with Gasteiger partial charge in [0.2, 0.25) is 0 Å². The zero-order valence-corrected chi connectivity index (χ0v) is 10.6. The van der Waals surface area contributed by atoms with Crippen molar-refractivity contribution in [2.24, 2.45) is 5.92 Å². The average molecular weight is 280 g/mol. The molecule has 1 atom stereocenters. The zero-order valence-electron chi connectivity index (χ0n) is 7.47. The Bertz CT molecular complexity index is 265. The summed E-state index contributed by atoms with van der Waals surface area (Å²) in [7, 11) is 0. The van der Waals surface area contributed by atoms with E-state index in [-0.39, 0.29) is 0 Å². The van der Waals surface area contributed by atoms with Gasteiger partial charge in [0.05, 0.1) is 0 Å². The number of hydrogen-bond acceptors (Lipinski definition) is 1. The standard InChI is InChI=1S/C10H12BrClS/c1-8(6-12)7-13-10-4-2-3-9(11)5-10/h2-5,8H,6-7H2,1H3. The van der Waals surface area contributed by atoms with Gasteiger partial charge < -0.3 is 0 Å². The lowest BCUT2D eigenvalue weighted by molar-refractivity contribution is 0.759. The summed E-state index contributed by atoms with van der Waals surface area (Å²) in [6.07, 6.45) is 0. The van der Waals surface area contributed by atoms with Crippen molar-refractivity contribution in [2.45, 2.75) is 11.8 Å². The van der Waals surface area contributed by atoms with Gasteiger partial charge in [0.15, 0.2) is 0 Å². The van der Waals surface area contributed by atoms with Crippen LogP contribution in [0.5, 0.6) is 0 Å². The fourth-order valence-electron chi connectivity index (χ4n) is 0.840. The first-order valence-corrected chi connectivity index (χ1v) is 6.48. The highest BCUT2D eigenvalue weighted by molar-refractivity contribution is 9.10. The van der Waals surface area contributed by atoms with Crippen LogP contribution < -0.4 is 0 Å². The van der Waals surface area contributed by atoms with E-state index in [9.17, 15) is 0 Å². The van der Waals surface area contributed by atoms with E-state index in [0.29, 0.717) is 5.92 Å². The topological polar surface area (TPSA) is 0 Å². The smallest absolute Gasteiger partial charge is 0.0257 e. The minimum absolute atomic E-state index is 0.575. The van der Waals surface area contributed by atoms with Crippen LogP contribution in [0.2, 0.25) is 0 Å². The molecule has 0 aliphatic rings. The molecular formula is C10H12BrClS. The highest BCUT2D eigenvalue weighted by atomic mass is 79.9. The maximum atomic E-state index is 5.73. The second-order valence-electron chi connectivity index (χ2n) is 3.03. The molecule has 0 heterocycles. The average Bonchev–Trinajstić information content (AvgIpc) is 2.14. The molecule has 0 radical (unpaired) electrons. The maximum absolute atomic E-state index is 5.73. The summed E-state index contributed by atoms with van der Waals surface area (Å²) in [5.74, 6) is 2.40.